The Morgan fingerprint density at radius 3 is 2.35 bits per heavy atom. The Labute approximate surface area is 116 Å². The van der Waals surface area contributed by atoms with Crippen LogP contribution < -0.4 is 22.1 Å². The maximum absolute atomic E-state index is 10.2. The first-order chi connectivity index (χ1) is 9.34. The normalized spacial score (nSPS) is 18.6. The van der Waals surface area contributed by atoms with Crippen LogP contribution in [0, 0.1) is 0 Å². The minimum atomic E-state index is -1.03. The number of carbonyl (C=O) groups is 3. The average Bonchev–Trinajstić information content (AvgIpc) is 2.88. The smallest absolute Gasteiger partial charge is 0.320 e. The number of aliphatic carboxylic acids is 2. The monoisotopic (exact) mass is 290 g/mol. The van der Waals surface area contributed by atoms with Gasteiger partial charge in [0.1, 0.15) is 12.1 Å². The number of amides is 2. The van der Waals surface area contributed by atoms with Crippen LogP contribution in [-0.2, 0) is 9.59 Å². The maximum Gasteiger partial charge on any atom is 0.320 e. The molecule has 0 bridgehead atoms. The number of primary amides is 1. The lowest BCUT2D eigenvalue weighted by molar-refractivity contribution is -0.139. The second kappa shape index (κ2) is 9.98. The Kier molecular flexibility index (Phi) is 9.05. The highest BCUT2D eigenvalue weighted by Crippen LogP contribution is 2.03. The van der Waals surface area contributed by atoms with Crippen LogP contribution in [0.25, 0.3) is 0 Å². The third-order valence-corrected chi connectivity index (χ3v) is 2.67. The lowest BCUT2D eigenvalue weighted by atomic mass is 10.2. The third kappa shape index (κ3) is 9.11. The van der Waals surface area contributed by atoms with Gasteiger partial charge >= 0.3 is 18.0 Å². The average molecular weight is 290 g/mol. The first kappa shape index (κ1) is 18.1. The van der Waals surface area contributed by atoms with Gasteiger partial charge in [-0.1, -0.05) is 0 Å². The van der Waals surface area contributed by atoms with Gasteiger partial charge in [0.2, 0.25) is 0 Å². The van der Waals surface area contributed by atoms with Crippen molar-refractivity contribution in [3.63, 3.8) is 0 Å². The molecular weight excluding hydrogens is 268 g/mol. The molecule has 8 N–H and O–H groups in total. The van der Waals surface area contributed by atoms with Gasteiger partial charge in [-0.2, -0.15) is 0 Å². The number of rotatable bonds is 6. The number of urea groups is 1. The molecule has 1 aliphatic heterocycles. The first-order valence-electron chi connectivity index (χ1n) is 6.32. The minimum absolute atomic E-state index is 0.269. The molecule has 9 nitrogen and oxygen atoms in total. The molecule has 2 amide bonds. The molecule has 0 aromatic rings. The minimum Gasteiger partial charge on any atom is -0.480 e. The Hall–Kier alpha value is -1.87. The van der Waals surface area contributed by atoms with Crippen LogP contribution in [0.5, 0.6) is 0 Å². The summed E-state index contributed by atoms with van der Waals surface area (Å²) in [5.74, 6) is -1.75. The van der Waals surface area contributed by atoms with E-state index in [2.05, 4.69) is 10.6 Å². The maximum atomic E-state index is 10.2. The zero-order valence-electron chi connectivity index (χ0n) is 11.2. The number of nitrogens with two attached hydrogens (primary N) is 2. The fraction of sp³-hybridized carbons (Fsp3) is 0.727. The van der Waals surface area contributed by atoms with Crippen molar-refractivity contribution in [3.05, 3.63) is 0 Å². The Morgan fingerprint density at radius 2 is 2.00 bits per heavy atom. The van der Waals surface area contributed by atoms with Crippen molar-refractivity contribution in [2.75, 3.05) is 13.1 Å². The lowest BCUT2D eigenvalue weighted by Gasteiger charge is -2.05. The van der Waals surface area contributed by atoms with Crippen molar-refractivity contribution in [1.29, 1.82) is 0 Å². The van der Waals surface area contributed by atoms with Crippen LogP contribution >= 0.6 is 0 Å². The topological polar surface area (TPSA) is 168 Å². The fourth-order valence-corrected chi connectivity index (χ4v) is 1.55. The number of nitrogens with one attached hydrogen (secondary N) is 2. The number of carboxylic acid groups (broad SMARTS) is 2. The van der Waals surface area contributed by atoms with Gasteiger partial charge in [0.05, 0.1) is 0 Å². The molecule has 0 aromatic carbocycles. The van der Waals surface area contributed by atoms with Gasteiger partial charge in [0.25, 0.3) is 0 Å². The van der Waals surface area contributed by atoms with Crippen molar-refractivity contribution in [1.82, 2.24) is 10.6 Å². The summed E-state index contributed by atoms with van der Waals surface area (Å²) in [5, 5.41) is 21.9. The molecule has 0 unspecified atom stereocenters. The van der Waals surface area contributed by atoms with Gasteiger partial charge in [-0.25, -0.2) is 4.79 Å². The summed E-state index contributed by atoms with van der Waals surface area (Å²) >= 11 is 0. The predicted octanol–water partition coefficient (Wildman–Crippen LogP) is -1.33. The van der Waals surface area contributed by atoms with Crippen LogP contribution in [0.4, 0.5) is 4.79 Å². The molecule has 1 rings (SSSR count). The third-order valence-electron chi connectivity index (χ3n) is 2.67. The highest BCUT2D eigenvalue weighted by molar-refractivity contribution is 5.73. The van der Waals surface area contributed by atoms with E-state index in [1.807, 2.05) is 0 Å². The fourth-order valence-electron chi connectivity index (χ4n) is 1.55. The van der Waals surface area contributed by atoms with Crippen molar-refractivity contribution in [2.45, 2.75) is 37.8 Å². The Bertz CT molecular complexity index is 331. The molecule has 0 aromatic heterocycles. The van der Waals surface area contributed by atoms with Crippen LogP contribution in [0.1, 0.15) is 25.7 Å². The van der Waals surface area contributed by atoms with Gasteiger partial charge in [-0.3, -0.25) is 9.59 Å². The lowest BCUT2D eigenvalue weighted by Crippen LogP contribution is -2.33. The van der Waals surface area contributed by atoms with Gasteiger partial charge < -0.3 is 32.3 Å². The summed E-state index contributed by atoms with van der Waals surface area (Å²) in [7, 11) is 0. The SMILES string of the molecule is NC(=O)NCCC[C@H](N)C(=O)O.O=C(O)[C@@H]1CCCN1. The molecule has 0 radical (unpaired) electrons. The van der Waals surface area contributed by atoms with Crippen molar-refractivity contribution >= 4 is 18.0 Å². The van der Waals surface area contributed by atoms with E-state index >= 15 is 0 Å². The van der Waals surface area contributed by atoms with E-state index in [-0.39, 0.29) is 6.04 Å². The van der Waals surface area contributed by atoms with Crippen LogP contribution in [0.15, 0.2) is 0 Å². The summed E-state index contributed by atoms with van der Waals surface area (Å²) in [5.41, 5.74) is 9.96. The van der Waals surface area contributed by atoms with Gasteiger partial charge in [0.15, 0.2) is 0 Å². The summed E-state index contributed by atoms with van der Waals surface area (Å²) in [6.45, 7) is 1.22. The molecule has 1 heterocycles. The largest absolute Gasteiger partial charge is 0.480 e. The van der Waals surface area contributed by atoms with Gasteiger partial charge in [0, 0.05) is 6.54 Å². The number of carboxylic acids is 2. The highest BCUT2D eigenvalue weighted by atomic mass is 16.4. The van der Waals surface area contributed by atoms with Crippen LogP contribution in [-0.4, -0.2) is 53.4 Å². The zero-order valence-corrected chi connectivity index (χ0v) is 11.2. The summed E-state index contributed by atoms with van der Waals surface area (Å²) < 4.78 is 0. The van der Waals surface area contributed by atoms with Gasteiger partial charge in [-0.05, 0) is 32.2 Å². The summed E-state index contributed by atoms with van der Waals surface area (Å²) in [6, 6.07) is -1.74. The molecule has 116 valence electrons. The van der Waals surface area contributed by atoms with E-state index in [0.29, 0.717) is 19.4 Å². The van der Waals surface area contributed by atoms with E-state index in [1.54, 1.807) is 0 Å². The summed E-state index contributed by atoms with van der Waals surface area (Å²) in [4.78, 5) is 30.5. The molecule has 1 saturated heterocycles. The van der Waals surface area contributed by atoms with E-state index < -0.39 is 24.0 Å². The molecule has 9 heteroatoms. The summed E-state index contributed by atoms with van der Waals surface area (Å²) in [6.07, 6.45) is 2.62. The Balaban J connectivity index is 0.000000388. The molecule has 0 aliphatic carbocycles. The van der Waals surface area contributed by atoms with Crippen LogP contribution in [0.3, 0.4) is 0 Å². The molecule has 0 spiro atoms. The van der Waals surface area contributed by atoms with Crippen molar-refractivity contribution in [3.8, 4) is 0 Å². The Morgan fingerprint density at radius 1 is 1.35 bits per heavy atom. The molecule has 20 heavy (non-hydrogen) atoms. The van der Waals surface area contributed by atoms with E-state index in [1.165, 1.54) is 0 Å². The van der Waals surface area contributed by atoms with E-state index in [9.17, 15) is 14.4 Å². The quantitative estimate of drug-likeness (QED) is 0.329. The number of carbonyl (C=O) groups excluding carboxylic acids is 1. The second-order valence-electron chi connectivity index (χ2n) is 4.37. The van der Waals surface area contributed by atoms with Gasteiger partial charge in [-0.15, -0.1) is 0 Å². The number of hydrogen-bond acceptors (Lipinski definition) is 5. The number of hydrogen-bond donors (Lipinski definition) is 6. The zero-order chi connectivity index (χ0) is 15.5. The molecular formula is C11H22N4O5. The second-order valence-corrected chi connectivity index (χ2v) is 4.37. The van der Waals surface area contributed by atoms with E-state index in [4.69, 9.17) is 21.7 Å². The predicted molar refractivity (Wildman–Crippen MR) is 71.1 cm³/mol. The molecule has 2 atom stereocenters. The van der Waals surface area contributed by atoms with Crippen molar-refractivity contribution < 1.29 is 24.6 Å². The van der Waals surface area contributed by atoms with E-state index in [0.717, 1.165) is 19.4 Å². The molecule has 1 fully saturated rings. The highest BCUT2D eigenvalue weighted by Gasteiger charge is 2.20. The molecule has 0 saturated carbocycles. The molecule has 1 aliphatic rings. The van der Waals surface area contributed by atoms with Crippen molar-refractivity contribution in [2.24, 2.45) is 11.5 Å². The standard InChI is InChI=1S/C6H13N3O3.C5H9NO2/c7-4(5(10)11)2-1-3-9-6(8)12;7-5(8)4-2-1-3-6-4/h4H,1-3,7H2,(H,10,11)(H3,8,9,12);4,6H,1-3H2,(H,7,8)/t2*4-/m00/s1. The van der Waals surface area contributed by atoms with Crippen LogP contribution in [0.2, 0.25) is 0 Å². The first-order valence-corrected chi connectivity index (χ1v) is 6.32.